The van der Waals surface area contributed by atoms with Gasteiger partial charge in [-0.15, -0.1) is 0 Å². The second-order valence-electron chi connectivity index (χ2n) is 4.88. The fourth-order valence-corrected chi connectivity index (χ4v) is 1.41. The van der Waals surface area contributed by atoms with E-state index in [4.69, 9.17) is 10.2 Å². The summed E-state index contributed by atoms with van der Waals surface area (Å²) in [4.78, 5) is 21.6. The Morgan fingerprint density at radius 2 is 2.00 bits per heavy atom. The molecule has 0 saturated carbocycles. The summed E-state index contributed by atoms with van der Waals surface area (Å²) in [6, 6.07) is 0. The van der Waals surface area contributed by atoms with Gasteiger partial charge in [0.05, 0.1) is 24.1 Å². The first-order valence-corrected chi connectivity index (χ1v) is 5.21. The average molecular weight is 240 g/mol. The first kappa shape index (κ1) is 13.2. The summed E-state index contributed by atoms with van der Waals surface area (Å²) in [5.41, 5.74) is 0.152. The number of hydrogen-bond donors (Lipinski definition) is 2. The van der Waals surface area contributed by atoms with E-state index in [1.54, 1.807) is 10.9 Å². The van der Waals surface area contributed by atoms with E-state index in [-0.39, 0.29) is 5.54 Å². The molecule has 17 heavy (non-hydrogen) atoms. The number of aliphatic carboxylic acids is 2. The molecule has 2 N–H and O–H groups in total. The molecule has 1 aromatic heterocycles. The first-order valence-electron chi connectivity index (χ1n) is 5.21. The maximum absolute atomic E-state index is 11.0. The van der Waals surface area contributed by atoms with E-state index in [2.05, 4.69) is 5.10 Å². The minimum atomic E-state index is -1.15. The molecule has 94 valence electrons. The number of rotatable bonds is 4. The van der Waals surface area contributed by atoms with Gasteiger partial charge in [0.25, 0.3) is 0 Å². The molecule has 0 saturated heterocycles. The highest BCUT2D eigenvalue weighted by molar-refractivity contribution is 5.82. The molecule has 0 spiro atoms. The number of carboxylic acids is 2. The SMILES string of the molecule is CC(C)(C)n1cc(C(CC(=O)O)C(=O)O)cn1. The molecule has 0 radical (unpaired) electrons. The number of nitrogens with zero attached hydrogens (tertiary/aromatic N) is 2. The smallest absolute Gasteiger partial charge is 0.311 e. The van der Waals surface area contributed by atoms with Crippen LogP contribution in [0.25, 0.3) is 0 Å². The van der Waals surface area contributed by atoms with Crippen LogP contribution in [-0.2, 0) is 15.1 Å². The molecule has 0 fully saturated rings. The minimum absolute atomic E-state index is 0.259. The van der Waals surface area contributed by atoms with E-state index >= 15 is 0 Å². The Morgan fingerprint density at radius 1 is 1.41 bits per heavy atom. The van der Waals surface area contributed by atoms with Crippen LogP contribution in [-0.4, -0.2) is 31.9 Å². The summed E-state index contributed by atoms with van der Waals surface area (Å²) in [5.74, 6) is -3.34. The monoisotopic (exact) mass is 240 g/mol. The highest BCUT2D eigenvalue weighted by atomic mass is 16.4. The van der Waals surface area contributed by atoms with Crippen molar-refractivity contribution in [3.8, 4) is 0 Å². The lowest BCUT2D eigenvalue weighted by Gasteiger charge is -2.19. The van der Waals surface area contributed by atoms with Crippen LogP contribution < -0.4 is 0 Å². The van der Waals surface area contributed by atoms with Crippen molar-refractivity contribution < 1.29 is 19.8 Å². The van der Waals surface area contributed by atoms with Gasteiger partial charge in [0.2, 0.25) is 0 Å². The first-order chi connectivity index (χ1) is 7.71. The van der Waals surface area contributed by atoms with Crippen molar-refractivity contribution in [1.82, 2.24) is 9.78 Å². The molecule has 1 atom stereocenters. The van der Waals surface area contributed by atoms with Crippen molar-refractivity contribution in [2.75, 3.05) is 0 Å². The highest BCUT2D eigenvalue weighted by Crippen LogP contribution is 2.22. The lowest BCUT2D eigenvalue weighted by atomic mass is 9.99. The van der Waals surface area contributed by atoms with Crippen molar-refractivity contribution in [1.29, 1.82) is 0 Å². The van der Waals surface area contributed by atoms with Gasteiger partial charge in [-0.3, -0.25) is 14.3 Å². The number of carbonyl (C=O) groups is 2. The largest absolute Gasteiger partial charge is 0.481 e. The molecule has 0 aliphatic heterocycles. The fourth-order valence-electron chi connectivity index (χ4n) is 1.41. The third kappa shape index (κ3) is 3.30. The van der Waals surface area contributed by atoms with Crippen LogP contribution in [0.3, 0.4) is 0 Å². The van der Waals surface area contributed by atoms with E-state index in [9.17, 15) is 9.59 Å². The van der Waals surface area contributed by atoms with Crippen molar-refractivity contribution in [3.05, 3.63) is 18.0 Å². The van der Waals surface area contributed by atoms with E-state index in [1.165, 1.54) is 6.20 Å². The standard InChI is InChI=1S/C11H16N2O4/c1-11(2,3)13-6-7(5-12-13)8(10(16)17)4-9(14)15/h5-6,8H,4H2,1-3H3,(H,14,15)(H,16,17). The second-order valence-corrected chi connectivity index (χ2v) is 4.88. The summed E-state index contributed by atoms with van der Waals surface area (Å²) >= 11 is 0. The molecule has 0 aromatic carbocycles. The van der Waals surface area contributed by atoms with E-state index < -0.39 is 24.3 Å². The molecule has 1 unspecified atom stereocenters. The van der Waals surface area contributed by atoms with Gasteiger partial charge in [0, 0.05) is 11.8 Å². The summed E-state index contributed by atoms with van der Waals surface area (Å²) in [6.45, 7) is 5.78. The third-order valence-electron chi connectivity index (χ3n) is 2.37. The normalized spacial score (nSPS) is 13.4. The predicted octanol–water partition coefficient (Wildman–Crippen LogP) is 1.28. The van der Waals surface area contributed by atoms with E-state index in [0.717, 1.165) is 0 Å². The van der Waals surface area contributed by atoms with Gasteiger partial charge in [-0.05, 0) is 20.8 Å². The Balaban J connectivity index is 3.00. The average Bonchev–Trinajstić information content (AvgIpc) is 2.60. The maximum Gasteiger partial charge on any atom is 0.311 e. The Bertz CT molecular complexity index is 431. The molecular formula is C11H16N2O4. The van der Waals surface area contributed by atoms with Crippen LogP contribution >= 0.6 is 0 Å². The maximum atomic E-state index is 11.0. The Labute approximate surface area is 98.9 Å². The summed E-state index contributed by atoms with van der Waals surface area (Å²) in [5, 5.41) is 21.7. The minimum Gasteiger partial charge on any atom is -0.481 e. The molecule has 0 aliphatic carbocycles. The molecule has 1 aromatic rings. The van der Waals surface area contributed by atoms with E-state index in [0.29, 0.717) is 5.56 Å². The highest BCUT2D eigenvalue weighted by Gasteiger charge is 2.26. The molecule has 1 rings (SSSR count). The molecule has 0 amide bonds. The topological polar surface area (TPSA) is 92.4 Å². The van der Waals surface area contributed by atoms with Crippen LogP contribution in [0.5, 0.6) is 0 Å². The van der Waals surface area contributed by atoms with Gasteiger partial charge in [0.1, 0.15) is 0 Å². The summed E-state index contributed by atoms with van der Waals surface area (Å²) < 4.78 is 1.63. The van der Waals surface area contributed by atoms with Gasteiger partial charge in [0.15, 0.2) is 0 Å². The zero-order valence-electron chi connectivity index (χ0n) is 10.0. The Kier molecular flexibility index (Phi) is 3.55. The number of hydrogen-bond acceptors (Lipinski definition) is 3. The van der Waals surface area contributed by atoms with Crippen molar-refractivity contribution >= 4 is 11.9 Å². The van der Waals surface area contributed by atoms with Gasteiger partial charge in [-0.2, -0.15) is 5.10 Å². The van der Waals surface area contributed by atoms with Crippen LogP contribution in [0.4, 0.5) is 0 Å². The van der Waals surface area contributed by atoms with Crippen molar-refractivity contribution in [2.45, 2.75) is 38.6 Å². The zero-order valence-corrected chi connectivity index (χ0v) is 10.0. The van der Waals surface area contributed by atoms with Crippen molar-refractivity contribution in [2.24, 2.45) is 0 Å². The number of aromatic nitrogens is 2. The van der Waals surface area contributed by atoms with Gasteiger partial charge < -0.3 is 10.2 Å². The molecular weight excluding hydrogens is 224 g/mol. The third-order valence-corrected chi connectivity index (χ3v) is 2.37. The van der Waals surface area contributed by atoms with Gasteiger partial charge in [-0.25, -0.2) is 0 Å². The fraction of sp³-hybridized carbons (Fsp3) is 0.545. The molecule has 0 aliphatic rings. The predicted molar refractivity (Wildman–Crippen MR) is 59.9 cm³/mol. The van der Waals surface area contributed by atoms with Crippen LogP contribution in [0.1, 0.15) is 38.7 Å². The van der Waals surface area contributed by atoms with Crippen LogP contribution in [0.15, 0.2) is 12.4 Å². The second kappa shape index (κ2) is 4.57. The number of carboxylic acid groups (broad SMARTS) is 2. The van der Waals surface area contributed by atoms with Crippen LogP contribution in [0.2, 0.25) is 0 Å². The molecule has 0 bridgehead atoms. The zero-order chi connectivity index (χ0) is 13.2. The molecule has 6 heteroatoms. The lowest BCUT2D eigenvalue weighted by molar-refractivity contribution is -0.145. The van der Waals surface area contributed by atoms with Crippen LogP contribution in [0, 0.1) is 0 Å². The Hall–Kier alpha value is -1.85. The molecule has 1 heterocycles. The lowest BCUT2D eigenvalue weighted by Crippen LogP contribution is -2.22. The van der Waals surface area contributed by atoms with Gasteiger partial charge >= 0.3 is 11.9 Å². The van der Waals surface area contributed by atoms with Crippen molar-refractivity contribution in [3.63, 3.8) is 0 Å². The summed E-state index contributed by atoms with van der Waals surface area (Å²) in [7, 11) is 0. The Morgan fingerprint density at radius 3 is 2.35 bits per heavy atom. The quantitative estimate of drug-likeness (QED) is 0.827. The van der Waals surface area contributed by atoms with E-state index in [1.807, 2.05) is 20.8 Å². The summed E-state index contributed by atoms with van der Waals surface area (Å²) in [6.07, 6.45) is 2.56. The van der Waals surface area contributed by atoms with Gasteiger partial charge in [-0.1, -0.05) is 0 Å². The molecule has 6 nitrogen and oxygen atoms in total.